The lowest BCUT2D eigenvalue weighted by Crippen LogP contribution is -2.58. The van der Waals surface area contributed by atoms with Crippen LogP contribution in [0.5, 0.6) is 0 Å². The van der Waals surface area contributed by atoms with Gasteiger partial charge in [0.15, 0.2) is 0 Å². The van der Waals surface area contributed by atoms with Crippen LogP contribution in [0.15, 0.2) is 30.3 Å². The van der Waals surface area contributed by atoms with Crippen LogP contribution in [0.2, 0.25) is 0 Å². The first-order valence-electron chi connectivity index (χ1n) is 6.29. The largest absolute Gasteiger partial charge is 0.453 e. The van der Waals surface area contributed by atoms with Crippen molar-refractivity contribution >= 4 is 11.8 Å². The number of benzene rings is 1. The standard InChI is InChI=1S/C14H20N2O2/c1-11-9-15(13-7-5-4-6-8-13)10-12(2)16(11)14(17)18-3/h4-8,11-12H,9-10H2,1-3H3. The third-order valence-electron chi connectivity index (χ3n) is 3.43. The Morgan fingerprint density at radius 1 is 1.17 bits per heavy atom. The molecule has 18 heavy (non-hydrogen) atoms. The summed E-state index contributed by atoms with van der Waals surface area (Å²) in [6.07, 6.45) is -0.234. The van der Waals surface area contributed by atoms with E-state index in [1.54, 1.807) is 0 Å². The number of rotatable bonds is 1. The van der Waals surface area contributed by atoms with Crippen LogP contribution >= 0.6 is 0 Å². The van der Waals surface area contributed by atoms with Crippen molar-refractivity contribution < 1.29 is 9.53 Å². The van der Waals surface area contributed by atoms with Crippen molar-refractivity contribution in [3.8, 4) is 0 Å². The molecule has 2 unspecified atom stereocenters. The summed E-state index contributed by atoms with van der Waals surface area (Å²) < 4.78 is 4.84. The lowest BCUT2D eigenvalue weighted by Gasteiger charge is -2.44. The predicted molar refractivity (Wildman–Crippen MR) is 71.8 cm³/mol. The fourth-order valence-electron chi connectivity index (χ4n) is 2.64. The van der Waals surface area contributed by atoms with Gasteiger partial charge in [0.25, 0.3) is 0 Å². The molecular weight excluding hydrogens is 228 g/mol. The third-order valence-corrected chi connectivity index (χ3v) is 3.43. The van der Waals surface area contributed by atoms with E-state index in [4.69, 9.17) is 4.74 Å². The summed E-state index contributed by atoms with van der Waals surface area (Å²) in [5.41, 5.74) is 1.21. The van der Waals surface area contributed by atoms with Crippen molar-refractivity contribution in [3.63, 3.8) is 0 Å². The van der Waals surface area contributed by atoms with Gasteiger partial charge in [-0.15, -0.1) is 0 Å². The van der Waals surface area contributed by atoms with Crippen LogP contribution in [0, 0.1) is 0 Å². The highest BCUT2D eigenvalue weighted by atomic mass is 16.5. The summed E-state index contributed by atoms with van der Waals surface area (Å²) in [5, 5.41) is 0. The lowest BCUT2D eigenvalue weighted by molar-refractivity contribution is 0.0820. The zero-order chi connectivity index (χ0) is 13.1. The van der Waals surface area contributed by atoms with Crippen molar-refractivity contribution in [1.29, 1.82) is 0 Å². The maximum Gasteiger partial charge on any atom is 0.410 e. The summed E-state index contributed by atoms with van der Waals surface area (Å²) in [6.45, 7) is 5.79. The number of carbonyl (C=O) groups is 1. The molecule has 0 bridgehead atoms. The molecular formula is C14H20N2O2. The van der Waals surface area contributed by atoms with E-state index < -0.39 is 0 Å². The maximum absolute atomic E-state index is 11.7. The zero-order valence-electron chi connectivity index (χ0n) is 11.2. The van der Waals surface area contributed by atoms with Crippen molar-refractivity contribution in [1.82, 2.24) is 4.90 Å². The number of hydrogen-bond donors (Lipinski definition) is 0. The number of hydrogen-bond acceptors (Lipinski definition) is 3. The molecule has 1 aromatic rings. The number of nitrogens with zero attached hydrogens (tertiary/aromatic N) is 2. The Balaban J connectivity index is 2.12. The van der Waals surface area contributed by atoms with Gasteiger partial charge in [0.05, 0.1) is 19.2 Å². The van der Waals surface area contributed by atoms with Crippen LogP contribution in [0.1, 0.15) is 13.8 Å². The Morgan fingerprint density at radius 3 is 2.22 bits per heavy atom. The quantitative estimate of drug-likeness (QED) is 0.765. The van der Waals surface area contributed by atoms with Gasteiger partial charge >= 0.3 is 6.09 Å². The van der Waals surface area contributed by atoms with Crippen molar-refractivity contribution in [2.45, 2.75) is 25.9 Å². The molecule has 1 amide bonds. The number of ether oxygens (including phenoxy) is 1. The van der Waals surface area contributed by atoms with Gasteiger partial charge in [0.2, 0.25) is 0 Å². The van der Waals surface area contributed by atoms with Gasteiger partial charge in [-0.05, 0) is 26.0 Å². The van der Waals surface area contributed by atoms with E-state index in [2.05, 4.69) is 30.9 Å². The van der Waals surface area contributed by atoms with Gasteiger partial charge < -0.3 is 9.64 Å². The van der Waals surface area contributed by atoms with Gasteiger partial charge in [-0.2, -0.15) is 0 Å². The van der Waals surface area contributed by atoms with E-state index in [1.807, 2.05) is 23.1 Å². The molecule has 4 heteroatoms. The molecule has 4 nitrogen and oxygen atoms in total. The summed E-state index contributed by atoms with van der Waals surface area (Å²) in [5.74, 6) is 0. The molecule has 1 aliphatic heterocycles. The molecule has 1 saturated heterocycles. The number of methoxy groups -OCH3 is 1. The molecule has 98 valence electrons. The number of para-hydroxylation sites is 1. The molecule has 0 N–H and O–H groups in total. The maximum atomic E-state index is 11.7. The van der Waals surface area contributed by atoms with Crippen LogP contribution in [0.4, 0.5) is 10.5 Å². The molecule has 1 aromatic carbocycles. The van der Waals surface area contributed by atoms with Gasteiger partial charge in [-0.25, -0.2) is 4.79 Å². The normalized spacial score (nSPS) is 23.9. The van der Waals surface area contributed by atoms with Crippen molar-refractivity contribution in [2.24, 2.45) is 0 Å². The number of anilines is 1. The molecule has 1 aliphatic rings. The van der Waals surface area contributed by atoms with E-state index in [0.29, 0.717) is 0 Å². The monoisotopic (exact) mass is 248 g/mol. The minimum atomic E-state index is -0.234. The van der Waals surface area contributed by atoms with Gasteiger partial charge in [-0.3, -0.25) is 4.90 Å². The molecule has 0 aromatic heterocycles. The second-order valence-corrected chi connectivity index (χ2v) is 4.82. The molecule has 2 atom stereocenters. The number of piperazine rings is 1. The first kappa shape index (κ1) is 12.7. The lowest BCUT2D eigenvalue weighted by atomic mass is 10.1. The highest BCUT2D eigenvalue weighted by Crippen LogP contribution is 2.22. The highest BCUT2D eigenvalue weighted by Gasteiger charge is 2.33. The topological polar surface area (TPSA) is 32.8 Å². The second-order valence-electron chi connectivity index (χ2n) is 4.82. The Bertz CT molecular complexity index is 396. The smallest absolute Gasteiger partial charge is 0.410 e. The van der Waals surface area contributed by atoms with E-state index in [0.717, 1.165) is 13.1 Å². The fourth-order valence-corrected chi connectivity index (χ4v) is 2.64. The van der Waals surface area contributed by atoms with Gasteiger partial charge in [-0.1, -0.05) is 18.2 Å². The summed E-state index contributed by atoms with van der Waals surface area (Å²) in [6, 6.07) is 10.6. The molecule has 1 fully saturated rings. The first-order valence-corrected chi connectivity index (χ1v) is 6.29. The number of amides is 1. The molecule has 0 saturated carbocycles. The molecule has 0 aliphatic carbocycles. The van der Waals surface area contributed by atoms with Crippen LogP contribution < -0.4 is 4.90 Å². The predicted octanol–water partition coefficient (Wildman–Crippen LogP) is 2.35. The Kier molecular flexibility index (Phi) is 3.75. The molecule has 0 radical (unpaired) electrons. The average Bonchev–Trinajstić information content (AvgIpc) is 2.38. The highest BCUT2D eigenvalue weighted by molar-refractivity contribution is 5.69. The Hall–Kier alpha value is -1.71. The Labute approximate surface area is 108 Å². The second kappa shape index (κ2) is 5.29. The summed E-state index contributed by atoms with van der Waals surface area (Å²) >= 11 is 0. The van der Waals surface area contributed by atoms with E-state index in [-0.39, 0.29) is 18.2 Å². The molecule has 2 rings (SSSR count). The van der Waals surface area contributed by atoms with Crippen molar-refractivity contribution in [3.05, 3.63) is 30.3 Å². The van der Waals surface area contributed by atoms with Crippen LogP contribution in [-0.4, -0.2) is 43.3 Å². The SMILES string of the molecule is COC(=O)N1C(C)CN(c2ccccc2)CC1C. The van der Waals surface area contributed by atoms with E-state index in [1.165, 1.54) is 12.8 Å². The fraction of sp³-hybridized carbons (Fsp3) is 0.500. The van der Waals surface area contributed by atoms with Gasteiger partial charge in [0, 0.05) is 18.8 Å². The van der Waals surface area contributed by atoms with E-state index in [9.17, 15) is 4.79 Å². The summed E-state index contributed by atoms with van der Waals surface area (Å²) in [4.78, 5) is 15.8. The Morgan fingerprint density at radius 2 is 1.72 bits per heavy atom. The molecule has 1 heterocycles. The zero-order valence-corrected chi connectivity index (χ0v) is 11.2. The third kappa shape index (κ3) is 2.42. The first-order chi connectivity index (χ1) is 8.63. The van der Waals surface area contributed by atoms with Gasteiger partial charge in [0.1, 0.15) is 0 Å². The van der Waals surface area contributed by atoms with Crippen LogP contribution in [-0.2, 0) is 4.74 Å². The van der Waals surface area contributed by atoms with E-state index >= 15 is 0 Å². The van der Waals surface area contributed by atoms with Crippen molar-refractivity contribution in [2.75, 3.05) is 25.1 Å². The minimum absolute atomic E-state index is 0.154. The van der Waals surface area contributed by atoms with Crippen LogP contribution in [0.25, 0.3) is 0 Å². The minimum Gasteiger partial charge on any atom is -0.453 e. The number of carbonyl (C=O) groups excluding carboxylic acids is 1. The van der Waals surface area contributed by atoms with Crippen LogP contribution in [0.3, 0.4) is 0 Å². The molecule has 0 spiro atoms. The summed E-state index contributed by atoms with van der Waals surface area (Å²) in [7, 11) is 1.44. The average molecular weight is 248 g/mol.